The first-order valence-corrected chi connectivity index (χ1v) is 16.8. The lowest BCUT2D eigenvalue weighted by Crippen LogP contribution is -2.42. The van der Waals surface area contributed by atoms with Gasteiger partial charge in [-0.05, 0) is 54.5 Å². The number of nitrogens with zero attached hydrogens (tertiary/aromatic N) is 1. The molecule has 8 rings (SSSR count). The summed E-state index contributed by atoms with van der Waals surface area (Å²) in [5, 5.41) is 2.99. The molecule has 47 heavy (non-hydrogen) atoms. The molecule has 13 heteroatoms. The number of benzene rings is 3. The van der Waals surface area contributed by atoms with E-state index in [9.17, 15) is 32.3 Å². The van der Waals surface area contributed by atoms with E-state index in [0.717, 1.165) is 27.3 Å². The van der Waals surface area contributed by atoms with E-state index >= 15 is 0 Å². The van der Waals surface area contributed by atoms with Crippen LogP contribution in [0.15, 0.2) is 88.7 Å². The number of imide groups is 1. The molecule has 240 valence electrons. The second-order valence-electron chi connectivity index (χ2n) is 12.2. The zero-order valence-corrected chi connectivity index (χ0v) is 26.0. The molecule has 2 saturated carbocycles. The lowest BCUT2D eigenvalue weighted by atomic mass is 9.68. The van der Waals surface area contributed by atoms with Crippen molar-refractivity contribution in [2.45, 2.75) is 28.8 Å². The van der Waals surface area contributed by atoms with Crippen molar-refractivity contribution in [3.8, 4) is 5.75 Å². The van der Waals surface area contributed by atoms with Crippen LogP contribution < -0.4 is 19.8 Å². The van der Waals surface area contributed by atoms with Gasteiger partial charge in [0.25, 0.3) is 5.91 Å². The Labute approximate surface area is 274 Å². The lowest BCUT2D eigenvalue weighted by Gasteiger charge is -2.43. The third kappa shape index (κ3) is 4.81. The molecule has 0 spiro atoms. The molecule has 2 aliphatic carbocycles. The number of thioether (sulfide) groups is 1. The van der Waals surface area contributed by atoms with Gasteiger partial charge in [0.15, 0.2) is 6.61 Å². The molecule has 4 aliphatic rings. The van der Waals surface area contributed by atoms with Crippen molar-refractivity contribution >= 4 is 52.2 Å². The van der Waals surface area contributed by atoms with Crippen molar-refractivity contribution in [1.29, 1.82) is 0 Å². The Morgan fingerprint density at radius 1 is 0.915 bits per heavy atom. The molecule has 0 radical (unpaired) electrons. The van der Waals surface area contributed by atoms with Gasteiger partial charge < -0.3 is 15.0 Å². The molecule has 1 aromatic heterocycles. The van der Waals surface area contributed by atoms with Crippen molar-refractivity contribution < 1.29 is 32.3 Å². The van der Waals surface area contributed by atoms with Crippen molar-refractivity contribution in [2.75, 3.05) is 16.8 Å². The molecule has 3 amide bonds. The SMILES string of the molecule is O=C(COc1ccccc1[C@H]1c2sc(=O)[nH]c2SC2C1[C@H]1C[C@@H]2C2C(=O)N(c3ccccc3)C(=O)C21)Nc1ccccc1C(F)(F)F. The van der Waals surface area contributed by atoms with Crippen LogP contribution >= 0.6 is 23.1 Å². The first-order chi connectivity index (χ1) is 22.6. The van der Waals surface area contributed by atoms with Crippen molar-refractivity contribution in [3.05, 3.63) is 105 Å². The summed E-state index contributed by atoms with van der Waals surface area (Å²) in [4.78, 5) is 58.1. The molecular formula is C34H26F3N3O5S2. The molecule has 3 fully saturated rings. The van der Waals surface area contributed by atoms with Gasteiger partial charge in [-0.1, -0.05) is 59.9 Å². The zero-order chi connectivity index (χ0) is 32.6. The van der Waals surface area contributed by atoms with Crippen LogP contribution in [-0.2, 0) is 20.6 Å². The normalized spacial score (nSPS) is 27.4. The number of fused-ring (bicyclic) bond motifs is 9. The van der Waals surface area contributed by atoms with E-state index in [1.54, 1.807) is 48.2 Å². The zero-order valence-electron chi connectivity index (χ0n) is 24.4. The van der Waals surface area contributed by atoms with Crippen molar-refractivity contribution in [3.63, 3.8) is 0 Å². The Morgan fingerprint density at radius 2 is 1.60 bits per heavy atom. The van der Waals surface area contributed by atoms with E-state index in [1.807, 2.05) is 18.2 Å². The topological polar surface area (TPSA) is 109 Å². The third-order valence-corrected chi connectivity index (χ3v) is 12.4. The monoisotopic (exact) mass is 677 g/mol. The third-order valence-electron chi connectivity index (χ3n) is 9.86. The number of hydrogen-bond donors (Lipinski definition) is 2. The van der Waals surface area contributed by atoms with E-state index in [2.05, 4.69) is 10.3 Å². The van der Waals surface area contributed by atoms with Gasteiger partial charge in [0.05, 0.1) is 33.8 Å². The van der Waals surface area contributed by atoms with Crippen molar-refractivity contribution in [1.82, 2.24) is 4.98 Å². The number of para-hydroxylation sites is 3. The predicted octanol–water partition coefficient (Wildman–Crippen LogP) is 6.15. The number of rotatable bonds is 6. The van der Waals surface area contributed by atoms with E-state index < -0.39 is 36.1 Å². The molecule has 2 N–H and O–H groups in total. The van der Waals surface area contributed by atoms with Crippen LogP contribution in [0.1, 0.15) is 28.3 Å². The first-order valence-electron chi connectivity index (χ1n) is 15.1. The number of carbonyl (C=O) groups is 3. The molecule has 2 aliphatic heterocycles. The average Bonchev–Trinajstić information content (AvgIpc) is 3.79. The second-order valence-corrected chi connectivity index (χ2v) is 14.4. The Balaban J connectivity index is 1.11. The minimum Gasteiger partial charge on any atom is -0.483 e. The summed E-state index contributed by atoms with van der Waals surface area (Å²) in [5.41, 5.74) is -0.0623. The molecule has 3 heterocycles. The van der Waals surface area contributed by atoms with Crippen molar-refractivity contribution in [2.24, 2.45) is 29.6 Å². The van der Waals surface area contributed by atoms with E-state index in [1.165, 1.54) is 23.1 Å². The smallest absolute Gasteiger partial charge is 0.418 e. The Bertz CT molecular complexity index is 1980. The van der Waals surface area contributed by atoms with Gasteiger partial charge in [-0.15, -0.1) is 11.8 Å². The van der Waals surface area contributed by atoms with E-state index in [4.69, 9.17) is 4.74 Å². The Kier molecular flexibility index (Phi) is 7.10. The Morgan fingerprint density at radius 3 is 2.36 bits per heavy atom. The van der Waals surface area contributed by atoms with Gasteiger partial charge in [-0.25, -0.2) is 0 Å². The number of aromatic nitrogens is 1. The fourth-order valence-electron chi connectivity index (χ4n) is 8.23. The maximum absolute atomic E-state index is 13.9. The number of ether oxygens (including phenoxy) is 1. The molecule has 7 atom stereocenters. The van der Waals surface area contributed by atoms with Gasteiger partial charge in [0, 0.05) is 21.6 Å². The highest BCUT2D eigenvalue weighted by Crippen LogP contribution is 2.69. The number of hydrogen-bond acceptors (Lipinski definition) is 7. The fraction of sp³-hybridized carbons (Fsp3) is 0.294. The number of alkyl halides is 3. The highest BCUT2D eigenvalue weighted by Gasteiger charge is 2.69. The summed E-state index contributed by atoms with van der Waals surface area (Å²) in [6, 6.07) is 20.8. The van der Waals surface area contributed by atoms with Crippen LogP contribution in [0.3, 0.4) is 0 Å². The quantitative estimate of drug-likeness (QED) is 0.237. The summed E-state index contributed by atoms with van der Waals surface area (Å²) >= 11 is 2.66. The summed E-state index contributed by atoms with van der Waals surface area (Å²) in [7, 11) is 0. The van der Waals surface area contributed by atoms with Crippen LogP contribution in [0.25, 0.3) is 0 Å². The number of nitrogens with one attached hydrogen (secondary N) is 2. The second kappa shape index (κ2) is 11.1. The maximum atomic E-state index is 13.9. The number of aromatic amines is 1. The van der Waals surface area contributed by atoms with Gasteiger partial charge in [0.2, 0.25) is 11.8 Å². The largest absolute Gasteiger partial charge is 0.483 e. The highest BCUT2D eigenvalue weighted by atomic mass is 32.2. The summed E-state index contributed by atoms with van der Waals surface area (Å²) in [6.45, 7) is -0.551. The highest BCUT2D eigenvalue weighted by molar-refractivity contribution is 8.00. The molecular weight excluding hydrogens is 652 g/mol. The molecule has 8 nitrogen and oxygen atoms in total. The van der Waals surface area contributed by atoms with Crippen LogP contribution in [0.5, 0.6) is 5.75 Å². The summed E-state index contributed by atoms with van der Waals surface area (Å²) in [5.74, 6) is -2.38. The van der Waals surface area contributed by atoms with E-state index in [-0.39, 0.29) is 51.3 Å². The lowest BCUT2D eigenvalue weighted by molar-refractivity contribution is -0.137. The summed E-state index contributed by atoms with van der Waals surface area (Å²) in [6.07, 6.45) is -3.94. The number of thiazole rings is 1. The predicted molar refractivity (Wildman–Crippen MR) is 169 cm³/mol. The van der Waals surface area contributed by atoms with Crippen LogP contribution in [0.4, 0.5) is 24.5 Å². The minimum absolute atomic E-state index is 0.0494. The fourth-order valence-corrected chi connectivity index (χ4v) is 11.1. The van der Waals surface area contributed by atoms with Gasteiger partial charge in [-0.2, -0.15) is 13.2 Å². The van der Waals surface area contributed by atoms with E-state index in [0.29, 0.717) is 23.4 Å². The van der Waals surface area contributed by atoms with Gasteiger partial charge >= 0.3 is 11.0 Å². The number of halogens is 3. The van der Waals surface area contributed by atoms with Gasteiger partial charge in [-0.3, -0.25) is 24.1 Å². The number of H-pyrrole nitrogens is 1. The van der Waals surface area contributed by atoms with Crippen LogP contribution in [0, 0.1) is 29.6 Å². The molecule has 4 aromatic rings. The average molecular weight is 678 g/mol. The standard InChI is InChI=1S/C34H26F3N3O5S2/c35-34(36,37)20-11-5-6-12-21(20)38-23(41)15-45-22-13-7-4-10-17(22)24-25-18-14-19(28(25)46-30-29(24)47-33(44)39-30)27-26(18)31(42)40(32(27)43)16-8-2-1-3-9-16/h1-13,18-19,24-28H,14-15H2,(H,38,41)(H,39,44)/t18-,19-,24-,25?,26?,27?,28?/m1/s1. The minimum atomic E-state index is -4.65. The molecule has 3 aromatic carbocycles. The molecule has 2 bridgehead atoms. The molecule has 4 unspecified atom stereocenters. The van der Waals surface area contributed by atoms with Gasteiger partial charge in [0.1, 0.15) is 5.75 Å². The van der Waals surface area contributed by atoms with Crippen LogP contribution in [-0.4, -0.2) is 34.6 Å². The number of anilines is 2. The van der Waals surface area contributed by atoms with Crippen LogP contribution in [0.2, 0.25) is 0 Å². The maximum Gasteiger partial charge on any atom is 0.418 e. The summed E-state index contributed by atoms with van der Waals surface area (Å²) < 4.78 is 46.4. The number of amides is 3. The first kappa shape index (κ1) is 30.0. The Hall–Kier alpha value is -4.36. The number of carbonyl (C=O) groups excluding carboxylic acids is 3. The molecule has 1 saturated heterocycles.